The van der Waals surface area contributed by atoms with Crippen LogP contribution in [0.25, 0.3) is 16.6 Å². The van der Waals surface area contributed by atoms with E-state index in [1.807, 2.05) is 29.2 Å². The predicted octanol–water partition coefficient (Wildman–Crippen LogP) is 8.90. The Morgan fingerprint density at radius 3 is 2.49 bits per heavy atom. The molecule has 4 aliphatic rings. The molecular weight excluding hydrogens is 1090 g/mol. The van der Waals surface area contributed by atoms with Crippen molar-refractivity contribution in [3.63, 3.8) is 0 Å². The monoisotopic (exact) mass is 1150 g/mol. The summed E-state index contributed by atoms with van der Waals surface area (Å²) < 4.78 is 36.2. The molecule has 0 bridgehead atoms. The lowest BCUT2D eigenvalue weighted by atomic mass is 9.72. The fourth-order valence-corrected chi connectivity index (χ4v) is 12.3. The average Bonchev–Trinajstić information content (AvgIpc) is 4.28. The lowest BCUT2D eigenvalue weighted by Crippen LogP contribution is -2.52. The molecule has 22 heteroatoms. The highest BCUT2D eigenvalue weighted by atomic mass is 35.5. The van der Waals surface area contributed by atoms with Crippen LogP contribution in [0.15, 0.2) is 114 Å². The molecule has 1 unspecified atom stereocenters. The Labute approximate surface area is 481 Å². The van der Waals surface area contributed by atoms with Gasteiger partial charge in [0.15, 0.2) is 0 Å². The summed E-state index contributed by atoms with van der Waals surface area (Å²) >= 11 is 6.22. The number of fused-ring (bicyclic) bond motifs is 2. The number of hydrogen-bond donors (Lipinski definition) is 9. The summed E-state index contributed by atoms with van der Waals surface area (Å²) in [5, 5.41) is 27.7. The first-order valence-corrected chi connectivity index (χ1v) is 29.7. The standard InChI is InChI=1S/C60H68ClN11O9S/c1-60(2)22-18-40(47(32-60)38-8-10-41(61)11-9-38)34-62-25-26-63-42-12-14-46(53(30-42)81-43-29-39-19-24-65-56(39)67-35-43)57(75)70-82(79,80)44-13-15-50(51(31-44)69-78)66-33-37-20-27-71(28-21-37)55(74)7-4-23-64-49-6-3-5-45-48(49)36-72(59(45)77)52-16-17-54(73)68-58(52)76/h3,5-6,8-15,19,24,29-31,35,37,52,62-64,66,69,78H,4,7,16-18,20-23,25-28,32-34,36H2,1-2H3,(H,65,67)(H,70,75)(H,68,73,76). The fraction of sp³-hybridized carbons (Fsp3) is 0.367. The van der Waals surface area contributed by atoms with E-state index in [0.717, 1.165) is 55.3 Å². The number of aromatic nitrogens is 2. The van der Waals surface area contributed by atoms with Gasteiger partial charge in [0.1, 0.15) is 23.2 Å². The number of likely N-dealkylation sites (tertiary alicyclic amines) is 1. The number of rotatable bonds is 22. The summed E-state index contributed by atoms with van der Waals surface area (Å²) in [5.74, 6) is -1.31. The Kier molecular flexibility index (Phi) is 17.5. The van der Waals surface area contributed by atoms with Crippen LogP contribution in [0.5, 0.6) is 11.5 Å². The van der Waals surface area contributed by atoms with Crippen molar-refractivity contribution in [1.29, 1.82) is 0 Å². The number of allylic oxidation sites excluding steroid dienone is 1. The first-order chi connectivity index (χ1) is 39.5. The van der Waals surface area contributed by atoms with Crippen molar-refractivity contribution in [2.45, 2.75) is 89.1 Å². The van der Waals surface area contributed by atoms with Crippen LogP contribution >= 0.6 is 11.6 Å². The van der Waals surface area contributed by atoms with Crippen LogP contribution in [0.2, 0.25) is 5.02 Å². The van der Waals surface area contributed by atoms with Gasteiger partial charge in [-0.1, -0.05) is 49.2 Å². The quantitative estimate of drug-likeness (QED) is 0.0175. The molecule has 430 valence electrons. The van der Waals surface area contributed by atoms with E-state index in [0.29, 0.717) is 85.5 Å². The second-order valence-corrected chi connectivity index (χ2v) is 24.3. The molecule has 0 saturated carbocycles. The molecule has 2 aromatic heterocycles. The average molecular weight is 1150 g/mol. The molecule has 6 aromatic rings. The van der Waals surface area contributed by atoms with E-state index < -0.39 is 27.9 Å². The van der Waals surface area contributed by atoms with Crippen LogP contribution in [-0.2, 0) is 31.0 Å². The number of hydrogen-bond acceptors (Lipinski definition) is 15. The molecule has 20 nitrogen and oxygen atoms in total. The second kappa shape index (κ2) is 25.0. The van der Waals surface area contributed by atoms with E-state index in [-0.39, 0.29) is 70.3 Å². The number of ether oxygens (including phenoxy) is 1. The van der Waals surface area contributed by atoms with Gasteiger partial charge in [0.2, 0.25) is 17.7 Å². The zero-order valence-electron chi connectivity index (χ0n) is 45.8. The summed E-state index contributed by atoms with van der Waals surface area (Å²) in [6.07, 6.45) is 9.17. The normalized spacial score (nSPS) is 17.4. The third-order valence-corrected chi connectivity index (χ3v) is 17.4. The minimum atomic E-state index is -4.48. The lowest BCUT2D eigenvalue weighted by Gasteiger charge is -2.34. The van der Waals surface area contributed by atoms with Gasteiger partial charge in [-0.05, 0) is 134 Å². The molecule has 0 spiro atoms. The molecule has 82 heavy (non-hydrogen) atoms. The van der Waals surface area contributed by atoms with Crippen molar-refractivity contribution in [3.8, 4) is 11.5 Å². The highest BCUT2D eigenvalue weighted by Gasteiger charge is 2.40. The molecular formula is C60H68ClN11O9S. The Balaban J connectivity index is 0.705. The van der Waals surface area contributed by atoms with Crippen molar-refractivity contribution in [1.82, 2.24) is 35.1 Å². The number of aromatic amines is 1. The minimum absolute atomic E-state index is 0.0415. The van der Waals surface area contributed by atoms with Crippen LogP contribution in [0.3, 0.4) is 0 Å². The number of nitrogens with one attached hydrogen (secondary N) is 8. The maximum absolute atomic E-state index is 14.0. The van der Waals surface area contributed by atoms with E-state index in [4.69, 9.17) is 16.3 Å². The van der Waals surface area contributed by atoms with Crippen LogP contribution in [0.4, 0.5) is 22.7 Å². The zero-order valence-corrected chi connectivity index (χ0v) is 47.4. The van der Waals surface area contributed by atoms with E-state index in [9.17, 15) is 37.6 Å². The summed E-state index contributed by atoms with van der Waals surface area (Å²) in [4.78, 5) is 75.3. The van der Waals surface area contributed by atoms with Gasteiger partial charge in [-0.3, -0.25) is 40.0 Å². The number of halogens is 1. The molecule has 2 fully saturated rings. The van der Waals surface area contributed by atoms with Gasteiger partial charge < -0.3 is 40.8 Å². The smallest absolute Gasteiger partial charge is 0.268 e. The minimum Gasteiger partial charge on any atom is -0.455 e. The van der Waals surface area contributed by atoms with E-state index in [1.54, 1.807) is 36.5 Å². The highest BCUT2D eigenvalue weighted by molar-refractivity contribution is 7.90. The number of piperidine rings is 2. The molecule has 0 radical (unpaired) electrons. The molecule has 1 atom stereocenters. The van der Waals surface area contributed by atoms with Crippen LogP contribution < -0.4 is 41.5 Å². The maximum Gasteiger partial charge on any atom is 0.268 e. The molecule has 4 aromatic carbocycles. The predicted molar refractivity (Wildman–Crippen MR) is 314 cm³/mol. The van der Waals surface area contributed by atoms with Crippen LogP contribution in [0.1, 0.15) is 103 Å². The van der Waals surface area contributed by atoms with Gasteiger partial charge in [-0.25, -0.2) is 18.1 Å². The molecule has 5 amide bonds. The molecule has 10 rings (SSSR count). The Hall–Kier alpha value is -7.98. The van der Waals surface area contributed by atoms with Crippen molar-refractivity contribution in [2.75, 3.05) is 67.2 Å². The van der Waals surface area contributed by atoms with Crippen LogP contribution in [-0.4, -0.2) is 115 Å². The maximum atomic E-state index is 14.0. The van der Waals surface area contributed by atoms with Gasteiger partial charge in [-0.2, -0.15) is 0 Å². The van der Waals surface area contributed by atoms with E-state index in [2.05, 4.69) is 72.7 Å². The van der Waals surface area contributed by atoms with Gasteiger partial charge in [-0.15, -0.1) is 0 Å². The summed E-state index contributed by atoms with van der Waals surface area (Å²) in [5.41, 5.74) is 10.1. The number of H-pyrrole nitrogens is 1. The summed E-state index contributed by atoms with van der Waals surface area (Å²) in [6, 6.07) is 25.3. The van der Waals surface area contributed by atoms with E-state index >= 15 is 0 Å². The number of benzene rings is 4. The molecule has 3 aliphatic heterocycles. The fourth-order valence-electron chi connectivity index (χ4n) is 11.2. The van der Waals surface area contributed by atoms with Gasteiger partial charge in [0.05, 0.1) is 28.0 Å². The SMILES string of the molecule is CC1(C)CCC(CNCCNc2ccc(C(=O)NS(=O)(=O)c3ccc(NCC4CCN(C(=O)CCCNc5cccc6c5CN(C5CCC(=O)NC5=O)C6=O)CC4)c(NO)c3)c(Oc3cnc4[nH]ccc4c3)c2)=C(c2ccc(Cl)cc2)C1. The Morgan fingerprint density at radius 2 is 1.70 bits per heavy atom. The van der Waals surface area contributed by atoms with Crippen molar-refractivity contribution < 1.29 is 42.3 Å². The molecule has 1 aliphatic carbocycles. The number of carbonyl (C=O) groups is 5. The largest absolute Gasteiger partial charge is 0.455 e. The van der Waals surface area contributed by atoms with Crippen molar-refractivity contribution >= 4 is 90.5 Å². The third-order valence-electron chi connectivity index (χ3n) is 15.8. The van der Waals surface area contributed by atoms with Gasteiger partial charge in [0.25, 0.3) is 21.8 Å². The number of imide groups is 1. The first kappa shape index (κ1) is 57.3. The van der Waals surface area contributed by atoms with E-state index in [1.165, 1.54) is 52.1 Å². The van der Waals surface area contributed by atoms with Crippen molar-refractivity contribution in [2.24, 2.45) is 11.3 Å². The molecule has 2 saturated heterocycles. The number of amides is 5. The van der Waals surface area contributed by atoms with Crippen LogP contribution in [0, 0.1) is 11.3 Å². The zero-order chi connectivity index (χ0) is 57.5. The molecule has 9 N–H and O–H groups in total. The Morgan fingerprint density at radius 1 is 0.878 bits per heavy atom. The van der Waals surface area contributed by atoms with Gasteiger partial charge >= 0.3 is 0 Å². The Bertz CT molecular complexity index is 3540. The number of anilines is 4. The highest BCUT2D eigenvalue weighted by Crippen LogP contribution is 2.43. The summed E-state index contributed by atoms with van der Waals surface area (Å²) in [6.45, 7) is 8.91. The third kappa shape index (κ3) is 13.5. The number of carbonyl (C=O) groups excluding carboxylic acids is 5. The second-order valence-electron chi connectivity index (χ2n) is 22.2. The van der Waals surface area contributed by atoms with Gasteiger partial charge in [0, 0.05) is 110 Å². The summed E-state index contributed by atoms with van der Waals surface area (Å²) in [7, 11) is -4.48. The number of pyridine rings is 1. The lowest BCUT2D eigenvalue weighted by molar-refractivity contribution is -0.137. The first-order valence-electron chi connectivity index (χ1n) is 27.8. The topological polar surface area (TPSA) is 268 Å². The number of nitrogens with zero attached hydrogens (tertiary/aromatic N) is 3. The molecule has 5 heterocycles. The van der Waals surface area contributed by atoms with Crippen molar-refractivity contribution in [3.05, 3.63) is 136 Å². The number of sulfonamides is 1.